The van der Waals surface area contributed by atoms with E-state index in [9.17, 15) is 9.50 Å². The highest BCUT2D eigenvalue weighted by atomic mass is 19.1. The van der Waals surface area contributed by atoms with Crippen molar-refractivity contribution in [3.05, 3.63) is 71.5 Å². The van der Waals surface area contributed by atoms with Gasteiger partial charge in [0.2, 0.25) is 0 Å². The lowest BCUT2D eigenvalue weighted by atomic mass is 9.77. The first kappa shape index (κ1) is 15.2. The summed E-state index contributed by atoms with van der Waals surface area (Å²) >= 11 is 0. The van der Waals surface area contributed by atoms with Crippen LogP contribution in [0.5, 0.6) is 0 Å². The molecule has 2 unspecified atom stereocenters. The molecule has 0 aromatic heterocycles. The van der Waals surface area contributed by atoms with Crippen LogP contribution in [0.15, 0.2) is 54.6 Å². The summed E-state index contributed by atoms with van der Waals surface area (Å²) in [6, 6.07) is 16.7. The summed E-state index contributed by atoms with van der Waals surface area (Å²) in [6.07, 6.45) is 0.673. The number of aliphatic hydroxyl groups is 1. The SMILES string of the molecule is CC1CN(Cc2ccccc2)CCC1(O)c1ccc(F)cc1. The Labute approximate surface area is 131 Å². The molecule has 2 nitrogen and oxygen atoms in total. The molecule has 1 heterocycles. The van der Waals surface area contributed by atoms with Gasteiger partial charge in [0.05, 0.1) is 5.60 Å². The normalized spacial score (nSPS) is 26.0. The molecule has 0 radical (unpaired) electrons. The van der Waals surface area contributed by atoms with E-state index in [1.54, 1.807) is 12.1 Å². The summed E-state index contributed by atoms with van der Waals surface area (Å²) in [5.41, 5.74) is 1.25. The van der Waals surface area contributed by atoms with E-state index in [0.29, 0.717) is 6.42 Å². The largest absolute Gasteiger partial charge is 0.385 e. The van der Waals surface area contributed by atoms with Crippen molar-refractivity contribution in [2.45, 2.75) is 25.5 Å². The Kier molecular flexibility index (Phi) is 4.27. The molecular weight excluding hydrogens is 277 g/mol. The summed E-state index contributed by atoms with van der Waals surface area (Å²) in [7, 11) is 0. The second-order valence-corrected chi connectivity index (χ2v) is 6.30. The van der Waals surface area contributed by atoms with E-state index < -0.39 is 5.60 Å². The van der Waals surface area contributed by atoms with Crippen molar-refractivity contribution in [2.24, 2.45) is 5.92 Å². The van der Waals surface area contributed by atoms with Crippen molar-refractivity contribution >= 4 is 0 Å². The third-order valence-corrected chi connectivity index (χ3v) is 4.75. The molecule has 2 aromatic carbocycles. The van der Waals surface area contributed by atoms with Crippen molar-refractivity contribution in [2.75, 3.05) is 13.1 Å². The van der Waals surface area contributed by atoms with E-state index in [2.05, 4.69) is 36.1 Å². The average molecular weight is 299 g/mol. The summed E-state index contributed by atoms with van der Waals surface area (Å²) in [5.74, 6) is -0.156. The Balaban J connectivity index is 1.70. The molecule has 22 heavy (non-hydrogen) atoms. The van der Waals surface area contributed by atoms with Gasteiger partial charge in [-0.3, -0.25) is 4.90 Å². The minimum atomic E-state index is -0.860. The number of piperidine rings is 1. The van der Waals surface area contributed by atoms with Crippen molar-refractivity contribution in [3.63, 3.8) is 0 Å². The molecule has 2 atom stereocenters. The van der Waals surface area contributed by atoms with Crippen LogP contribution in [0.4, 0.5) is 4.39 Å². The summed E-state index contributed by atoms with van der Waals surface area (Å²) < 4.78 is 13.1. The molecule has 0 saturated carbocycles. The quantitative estimate of drug-likeness (QED) is 0.937. The van der Waals surface area contributed by atoms with Gasteiger partial charge in [-0.1, -0.05) is 49.4 Å². The molecular formula is C19H22FNO. The van der Waals surface area contributed by atoms with Gasteiger partial charge < -0.3 is 5.11 Å². The van der Waals surface area contributed by atoms with Crippen LogP contribution in [-0.2, 0) is 12.1 Å². The van der Waals surface area contributed by atoms with Crippen molar-refractivity contribution in [3.8, 4) is 0 Å². The Morgan fingerprint density at radius 3 is 2.45 bits per heavy atom. The van der Waals surface area contributed by atoms with Crippen LogP contribution in [-0.4, -0.2) is 23.1 Å². The van der Waals surface area contributed by atoms with Crippen LogP contribution < -0.4 is 0 Å². The maximum absolute atomic E-state index is 13.1. The molecule has 1 fully saturated rings. The number of hydrogen-bond acceptors (Lipinski definition) is 2. The van der Waals surface area contributed by atoms with Crippen molar-refractivity contribution < 1.29 is 9.50 Å². The number of benzene rings is 2. The van der Waals surface area contributed by atoms with Crippen LogP contribution in [0.25, 0.3) is 0 Å². The van der Waals surface area contributed by atoms with Gasteiger partial charge in [0.1, 0.15) is 5.82 Å². The zero-order chi connectivity index (χ0) is 15.6. The van der Waals surface area contributed by atoms with E-state index in [1.165, 1.54) is 17.7 Å². The van der Waals surface area contributed by atoms with Crippen molar-refractivity contribution in [1.82, 2.24) is 4.90 Å². The first-order valence-electron chi connectivity index (χ1n) is 7.82. The minimum absolute atomic E-state index is 0.107. The van der Waals surface area contributed by atoms with Crippen LogP contribution in [0.2, 0.25) is 0 Å². The van der Waals surface area contributed by atoms with Gasteiger partial charge in [0.15, 0.2) is 0 Å². The molecule has 0 bridgehead atoms. The number of hydrogen-bond donors (Lipinski definition) is 1. The van der Waals surface area contributed by atoms with Gasteiger partial charge in [-0.25, -0.2) is 4.39 Å². The fraction of sp³-hybridized carbons (Fsp3) is 0.368. The van der Waals surface area contributed by atoms with E-state index in [0.717, 1.165) is 25.2 Å². The lowest BCUT2D eigenvalue weighted by Gasteiger charge is -2.43. The van der Waals surface area contributed by atoms with Gasteiger partial charge >= 0.3 is 0 Å². The first-order chi connectivity index (χ1) is 10.6. The smallest absolute Gasteiger partial charge is 0.123 e. The fourth-order valence-electron chi connectivity index (χ4n) is 3.36. The molecule has 1 N–H and O–H groups in total. The summed E-state index contributed by atoms with van der Waals surface area (Å²) in [6.45, 7) is 4.65. The van der Waals surface area contributed by atoms with Gasteiger partial charge in [-0.2, -0.15) is 0 Å². The van der Waals surface area contributed by atoms with Crippen LogP contribution in [0.3, 0.4) is 0 Å². The van der Waals surface area contributed by atoms with Crippen LogP contribution in [0, 0.1) is 11.7 Å². The van der Waals surface area contributed by atoms with Gasteiger partial charge in [0, 0.05) is 25.6 Å². The molecule has 1 saturated heterocycles. The predicted octanol–water partition coefficient (Wildman–Crippen LogP) is 3.56. The summed E-state index contributed by atoms with van der Waals surface area (Å²) in [4.78, 5) is 2.37. The molecule has 1 aliphatic rings. The van der Waals surface area contributed by atoms with Crippen molar-refractivity contribution in [1.29, 1.82) is 0 Å². The lowest BCUT2D eigenvalue weighted by molar-refractivity contribution is -0.0728. The Hall–Kier alpha value is -1.71. The van der Waals surface area contributed by atoms with Gasteiger partial charge in [-0.15, -0.1) is 0 Å². The number of likely N-dealkylation sites (tertiary alicyclic amines) is 1. The molecule has 0 aliphatic carbocycles. The highest BCUT2D eigenvalue weighted by molar-refractivity contribution is 5.25. The molecule has 1 aliphatic heterocycles. The lowest BCUT2D eigenvalue weighted by Crippen LogP contribution is -2.48. The maximum Gasteiger partial charge on any atom is 0.123 e. The fourth-order valence-corrected chi connectivity index (χ4v) is 3.36. The second-order valence-electron chi connectivity index (χ2n) is 6.30. The maximum atomic E-state index is 13.1. The monoisotopic (exact) mass is 299 g/mol. The third kappa shape index (κ3) is 3.06. The second kappa shape index (κ2) is 6.19. The van der Waals surface area contributed by atoms with E-state index >= 15 is 0 Å². The number of nitrogens with zero attached hydrogens (tertiary/aromatic N) is 1. The standard InChI is InChI=1S/C19H22FNO/c1-15-13-21(14-16-5-3-2-4-6-16)12-11-19(15,22)17-7-9-18(20)10-8-17/h2-10,15,22H,11-14H2,1H3. The Morgan fingerprint density at radius 2 is 1.82 bits per heavy atom. The van der Waals surface area contributed by atoms with Crippen LogP contribution in [0.1, 0.15) is 24.5 Å². The highest BCUT2D eigenvalue weighted by Crippen LogP contribution is 2.37. The molecule has 116 valence electrons. The zero-order valence-electron chi connectivity index (χ0n) is 12.9. The van der Waals surface area contributed by atoms with E-state index in [-0.39, 0.29) is 11.7 Å². The molecule has 0 spiro atoms. The molecule has 3 rings (SSSR count). The van der Waals surface area contributed by atoms with E-state index in [1.807, 2.05) is 6.07 Å². The number of halogens is 1. The Bertz CT molecular complexity index is 613. The Morgan fingerprint density at radius 1 is 1.14 bits per heavy atom. The van der Waals surface area contributed by atoms with Gasteiger partial charge in [-0.05, 0) is 29.7 Å². The first-order valence-corrected chi connectivity index (χ1v) is 7.82. The van der Waals surface area contributed by atoms with Crippen LogP contribution >= 0.6 is 0 Å². The summed E-state index contributed by atoms with van der Waals surface area (Å²) in [5, 5.41) is 11.0. The molecule has 3 heteroatoms. The highest BCUT2D eigenvalue weighted by Gasteiger charge is 2.40. The number of rotatable bonds is 3. The average Bonchev–Trinajstić information content (AvgIpc) is 2.53. The topological polar surface area (TPSA) is 23.5 Å². The third-order valence-electron chi connectivity index (χ3n) is 4.75. The van der Waals surface area contributed by atoms with E-state index in [4.69, 9.17) is 0 Å². The van der Waals surface area contributed by atoms with Gasteiger partial charge in [0.25, 0.3) is 0 Å². The molecule has 2 aromatic rings. The minimum Gasteiger partial charge on any atom is -0.385 e. The molecule has 0 amide bonds. The predicted molar refractivity (Wildman–Crippen MR) is 85.8 cm³/mol. The zero-order valence-corrected chi connectivity index (χ0v) is 12.9.